The third kappa shape index (κ3) is 1.96. The quantitative estimate of drug-likeness (QED) is 0.721. The second kappa shape index (κ2) is 3.47. The summed E-state index contributed by atoms with van der Waals surface area (Å²) in [5, 5.41) is 1.38. The van der Waals surface area contributed by atoms with E-state index in [-0.39, 0.29) is 4.90 Å². The lowest BCUT2D eigenvalue weighted by molar-refractivity contribution is 0.610. The molecule has 0 aliphatic heterocycles. The maximum Gasteiger partial charge on any atom is 0.261 e. The Balaban J connectivity index is 2.96. The van der Waals surface area contributed by atoms with Gasteiger partial charge in [-0.3, -0.25) is 4.98 Å². The molecule has 0 N–H and O–H groups in total. The van der Waals surface area contributed by atoms with Crippen molar-refractivity contribution in [3.8, 4) is 0 Å². The summed E-state index contributed by atoms with van der Waals surface area (Å²) in [6.45, 7) is 1.82. The highest BCUT2D eigenvalue weighted by atomic mass is 35.7. The number of halogens is 1. The Kier molecular flexibility index (Phi) is 2.40. The van der Waals surface area contributed by atoms with Crippen LogP contribution in [0.4, 0.5) is 0 Å². The first-order valence-electron chi connectivity index (χ1n) is 4.27. The number of benzene rings is 1. The van der Waals surface area contributed by atoms with Crippen LogP contribution in [-0.4, -0.2) is 13.4 Å². The van der Waals surface area contributed by atoms with E-state index in [9.17, 15) is 8.42 Å². The highest BCUT2D eigenvalue weighted by Crippen LogP contribution is 2.26. The molecule has 0 atom stereocenters. The van der Waals surface area contributed by atoms with Gasteiger partial charge in [-0.15, -0.1) is 0 Å². The highest BCUT2D eigenvalue weighted by Gasteiger charge is 2.14. The van der Waals surface area contributed by atoms with Crippen LogP contribution < -0.4 is 0 Å². The number of hydrogen-bond donors (Lipinski definition) is 0. The Hall–Kier alpha value is -1.13. The third-order valence-corrected chi connectivity index (χ3v) is 3.48. The number of hydrogen-bond acceptors (Lipinski definition) is 3. The topological polar surface area (TPSA) is 47.0 Å². The van der Waals surface area contributed by atoms with Crippen molar-refractivity contribution < 1.29 is 8.42 Å². The molecule has 15 heavy (non-hydrogen) atoms. The number of rotatable bonds is 1. The van der Waals surface area contributed by atoms with Crippen LogP contribution in [0.2, 0.25) is 0 Å². The van der Waals surface area contributed by atoms with E-state index in [1.54, 1.807) is 24.5 Å². The summed E-state index contributed by atoms with van der Waals surface area (Å²) in [5.41, 5.74) is 0.842. The summed E-state index contributed by atoms with van der Waals surface area (Å²) in [6.07, 6.45) is 3.16. The number of pyridine rings is 1. The van der Waals surface area contributed by atoms with Gasteiger partial charge >= 0.3 is 0 Å². The first-order chi connectivity index (χ1) is 6.98. The molecule has 2 aromatic rings. The molecule has 0 saturated carbocycles. The third-order valence-electron chi connectivity index (χ3n) is 2.12. The molecular formula is C10H8ClNO2S. The average molecular weight is 242 g/mol. The molecule has 0 radical (unpaired) electrons. The average Bonchev–Trinajstić information content (AvgIpc) is 2.15. The molecule has 1 aromatic heterocycles. The normalized spacial score (nSPS) is 11.9. The van der Waals surface area contributed by atoms with Gasteiger partial charge in [-0.2, -0.15) is 0 Å². The summed E-state index contributed by atoms with van der Waals surface area (Å²) in [7, 11) is 1.65. The minimum Gasteiger partial charge on any atom is -0.264 e. The van der Waals surface area contributed by atoms with Gasteiger partial charge in [-0.05, 0) is 30.7 Å². The van der Waals surface area contributed by atoms with Crippen LogP contribution in [0, 0.1) is 6.92 Å². The zero-order valence-electron chi connectivity index (χ0n) is 7.94. The van der Waals surface area contributed by atoms with Crippen molar-refractivity contribution in [2.75, 3.05) is 0 Å². The molecule has 78 valence electrons. The van der Waals surface area contributed by atoms with Crippen molar-refractivity contribution in [1.82, 2.24) is 4.98 Å². The van der Waals surface area contributed by atoms with Crippen LogP contribution >= 0.6 is 10.7 Å². The smallest absolute Gasteiger partial charge is 0.261 e. The van der Waals surface area contributed by atoms with Gasteiger partial charge in [0.2, 0.25) is 0 Å². The van der Waals surface area contributed by atoms with Crippen LogP contribution in [0.1, 0.15) is 5.56 Å². The van der Waals surface area contributed by atoms with E-state index < -0.39 is 9.05 Å². The van der Waals surface area contributed by atoms with Gasteiger partial charge in [0.15, 0.2) is 0 Å². The van der Waals surface area contributed by atoms with Crippen molar-refractivity contribution in [2.45, 2.75) is 11.8 Å². The van der Waals surface area contributed by atoms with E-state index in [4.69, 9.17) is 10.7 Å². The van der Waals surface area contributed by atoms with Gasteiger partial charge in [0, 0.05) is 33.8 Å². The van der Waals surface area contributed by atoms with Crippen molar-refractivity contribution in [1.29, 1.82) is 0 Å². The van der Waals surface area contributed by atoms with E-state index >= 15 is 0 Å². The maximum atomic E-state index is 11.3. The largest absolute Gasteiger partial charge is 0.264 e. The molecule has 0 aliphatic rings. The van der Waals surface area contributed by atoms with E-state index in [0.717, 1.165) is 10.9 Å². The van der Waals surface area contributed by atoms with Crippen molar-refractivity contribution in [2.24, 2.45) is 0 Å². The Labute approximate surface area is 92.1 Å². The van der Waals surface area contributed by atoms with Gasteiger partial charge < -0.3 is 0 Å². The molecule has 3 nitrogen and oxygen atoms in total. The monoisotopic (exact) mass is 241 g/mol. The predicted octanol–water partition coefficient (Wildman–Crippen LogP) is 2.47. The summed E-state index contributed by atoms with van der Waals surface area (Å²) >= 11 is 0. The van der Waals surface area contributed by atoms with Gasteiger partial charge in [0.1, 0.15) is 0 Å². The Morgan fingerprint density at radius 3 is 2.73 bits per heavy atom. The Bertz CT molecular complexity index is 622. The van der Waals surface area contributed by atoms with Crippen LogP contribution in [-0.2, 0) is 9.05 Å². The zero-order chi connectivity index (χ0) is 11.1. The lowest BCUT2D eigenvalue weighted by Crippen LogP contribution is -1.93. The first kappa shape index (κ1) is 10.4. The summed E-state index contributed by atoms with van der Waals surface area (Å²) in [5.74, 6) is 0. The van der Waals surface area contributed by atoms with Gasteiger partial charge in [-0.25, -0.2) is 8.42 Å². The number of fused-ring (bicyclic) bond motifs is 1. The Morgan fingerprint density at radius 2 is 2.07 bits per heavy atom. The van der Waals surface area contributed by atoms with Crippen molar-refractivity contribution in [3.63, 3.8) is 0 Å². The molecule has 1 aromatic carbocycles. The second-order valence-corrected chi connectivity index (χ2v) is 5.83. The zero-order valence-corrected chi connectivity index (χ0v) is 9.51. The van der Waals surface area contributed by atoms with Crippen LogP contribution in [0.5, 0.6) is 0 Å². The maximum absolute atomic E-state index is 11.3. The van der Waals surface area contributed by atoms with E-state index in [1.807, 2.05) is 13.0 Å². The van der Waals surface area contributed by atoms with E-state index in [2.05, 4.69) is 4.98 Å². The first-order valence-corrected chi connectivity index (χ1v) is 6.58. The number of aryl methyl sites for hydroxylation is 1. The number of aromatic nitrogens is 1. The van der Waals surface area contributed by atoms with E-state index in [0.29, 0.717) is 5.39 Å². The summed E-state index contributed by atoms with van der Waals surface area (Å²) in [4.78, 5) is 4.08. The molecule has 0 saturated heterocycles. The lowest BCUT2D eigenvalue weighted by atomic mass is 10.1. The molecule has 0 fully saturated rings. The van der Waals surface area contributed by atoms with Crippen LogP contribution in [0.3, 0.4) is 0 Å². The van der Waals surface area contributed by atoms with Crippen molar-refractivity contribution >= 4 is 30.5 Å². The fourth-order valence-electron chi connectivity index (χ4n) is 1.52. The van der Waals surface area contributed by atoms with E-state index in [1.165, 1.54) is 0 Å². The molecule has 0 unspecified atom stereocenters. The molecule has 5 heteroatoms. The molecular weight excluding hydrogens is 234 g/mol. The minimum atomic E-state index is -3.71. The molecule has 1 heterocycles. The fraction of sp³-hybridized carbons (Fsp3) is 0.100. The molecule has 2 rings (SSSR count). The summed E-state index contributed by atoms with van der Waals surface area (Å²) in [6, 6.07) is 5.07. The molecule has 0 amide bonds. The number of nitrogens with zero attached hydrogens (tertiary/aromatic N) is 1. The highest BCUT2D eigenvalue weighted by molar-refractivity contribution is 8.14. The second-order valence-electron chi connectivity index (χ2n) is 3.30. The summed E-state index contributed by atoms with van der Waals surface area (Å²) < 4.78 is 22.7. The van der Waals surface area contributed by atoms with Crippen LogP contribution in [0.25, 0.3) is 10.8 Å². The molecule has 0 spiro atoms. The predicted molar refractivity (Wildman–Crippen MR) is 59.5 cm³/mol. The van der Waals surface area contributed by atoms with Gasteiger partial charge in [0.25, 0.3) is 9.05 Å². The van der Waals surface area contributed by atoms with Gasteiger partial charge in [0.05, 0.1) is 4.90 Å². The fourth-order valence-corrected chi connectivity index (χ4v) is 2.68. The standard InChI is InChI=1S/C10H8ClNO2S/c1-7-4-8-6-12-3-2-9(8)10(5-7)15(11,13)14/h2-6H,1H3. The van der Waals surface area contributed by atoms with Crippen molar-refractivity contribution in [3.05, 3.63) is 36.2 Å². The Morgan fingerprint density at radius 1 is 1.33 bits per heavy atom. The lowest BCUT2D eigenvalue weighted by Gasteiger charge is -2.04. The molecule has 0 bridgehead atoms. The minimum absolute atomic E-state index is 0.140. The van der Waals surface area contributed by atoms with Gasteiger partial charge in [-0.1, -0.05) is 0 Å². The SMILES string of the molecule is Cc1cc(S(=O)(=O)Cl)c2ccncc2c1. The van der Waals surface area contributed by atoms with Crippen LogP contribution in [0.15, 0.2) is 35.5 Å². The molecule has 0 aliphatic carbocycles.